The van der Waals surface area contributed by atoms with Gasteiger partial charge in [-0.2, -0.15) is 0 Å². The van der Waals surface area contributed by atoms with Gasteiger partial charge in [0, 0.05) is 24.5 Å². The highest BCUT2D eigenvalue weighted by Gasteiger charge is 2.24. The molecule has 1 aliphatic heterocycles. The number of aliphatic imine (C=N–C) groups is 1. The Bertz CT molecular complexity index is 805. The van der Waals surface area contributed by atoms with Gasteiger partial charge in [0.15, 0.2) is 5.96 Å². The quantitative estimate of drug-likeness (QED) is 0.475. The van der Waals surface area contributed by atoms with E-state index >= 15 is 0 Å². The molecule has 0 bridgehead atoms. The molecule has 6 nitrogen and oxygen atoms in total. The van der Waals surface area contributed by atoms with Gasteiger partial charge in [0.1, 0.15) is 11.4 Å². The lowest BCUT2D eigenvalue weighted by atomic mass is 10.1. The second-order valence-corrected chi connectivity index (χ2v) is 8.13. The van der Waals surface area contributed by atoms with Gasteiger partial charge in [-0.15, -0.1) is 11.3 Å². The SMILES string of the molecule is CCNC(=NCc1ccc(N2CCOCC2)c(F)c1)NCC(C)(O)c1cccs1. The van der Waals surface area contributed by atoms with Gasteiger partial charge in [-0.25, -0.2) is 9.38 Å². The fraction of sp³-hybridized carbons (Fsp3) is 0.476. The van der Waals surface area contributed by atoms with E-state index in [1.807, 2.05) is 41.5 Å². The van der Waals surface area contributed by atoms with Crippen LogP contribution in [0.5, 0.6) is 0 Å². The number of morpholine rings is 1. The third-order valence-electron chi connectivity index (χ3n) is 4.78. The third kappa shape index (κ3) is 5.91. The smallest absolute Gasteiger partial charge is 0.191 e. The molecular formula is C21H29FN4O2S. The summed E-state index contributed by atoms with van der Waals surface area (Å²) in [6.07, 6.45) is 0. The van der Waals surface area contributed by atoms with Crippen molar-refractivity contribution in [3.63, 3.8) is 0 Å². The highest BCUT2D eigenvalue weighted by atomic mass is 32.1. The second-order valence-electron chi connectivity index (χ2n) is 7.19. The van der Waals surface area contributed by atoms with Gasteiger partial charge >= 0.3 is 0 Å². The van der Waals surface area contributed by atoms with E-state index in [1.54, 1.807) is 13.0 Å². The van der Waals surface area contributed by atoms with Crippen LogP contribution >= 0.6 is 11.3 Å². The summed E-state index contributed by atoms with van der Waals surface area (Å²) in [5, 5.41) is 19.0. The number of thiophene rings is 1. The van der Waals surface area contributed by atoms with E-state index in [4.69, 9.17) is 4.74 Å². The molecule has 3 rings (SSSR count). The summed E-state index contributed by atoms with van der Waals surface area (Å²) in [6, 6.07) is 9.09. The predicted molar refractivity (Wildman–Crippen MR) is 116 cm³/mol. The highest BCUT2D eigenvalue weighted by molar-refractivity contribution is 7.10. The molecule has 1 unspecified atom stereocenters. The zero-order valence-electron chi connectivity index (χ0n) is 16.9. The molecule has 0 saturated carbocycles. The van der Waals surface area contributed by atoms with Crippen LogP contribution in [0.15, 0.2) is 40.7 Å². The summed E-state index contributed by atoms with van der Waals surface area (Å²) in [7, 11) is 0. The van der Waals surface area contributed by atoms with E-state index < -0.39 is 5.60 Å². The summed E-state index contributed by atoms with van der Waals surface area (Å²) < 4.78 is 19.9. The summed E-state index contributed by atoms with van der Waals surface area (Å²) in [6.45, 7) is 7.76. The topological polar surface area (TPSA) is 69.1 Å². The van der Waals surface area contributed by atoms with E-state index in [-0.39, 0.29) is 5.82 Å². The Morgan fingerprint density at radius 2 is 2.10 bits per heavy atom. The Kier molecular flexibility index (Phi) is 7.46. The lowest BCUT2D eigenvalue weighted by molar-refractivity contribution is 0.0655. The van der Waals surface area contributed by atoms with Gasteiger partial charge in [-0.05, 0) is 43.0 Å². The average molecular weight is 421 g/mol. The van der Waals surface area contributed by atoms with Crippen LogP contribution in [-0.4, -0.2) is 50.5 Å². The van der Waals surface area contributed by atoms with Crippen molar-refractivity contribution >= 4 is 23.0 Å². The van der Waals surface area contributed by atoms with Gasteiger partial charge in [0.25, 0.3) is 0 Å². The maximum Gasteiger partial charge on any atom is 0.191 e. The Hall–Kier alpha value is -2.16. The van der Waals surface area contributed by atoms with Crippen LogP contribution in [0.4, 0.5) is 10.1 Å². The molecule has 3 N–H and O–H groups in total. The molecule has 2 aromatic rings. The highest BCUT2D eigenvalue weighted by Crippen LogP contribution is 2.24. The number of halogens is 1. The first-order valence-electron chi connectivity index (χ1n) is 9.89. The minimum Gasteiger partial charge on any atom is -0.383 e. The summed E-state index contributed by atoms with van der Waals surface area (Å²) in [4.78, 5) is 7.43. The van der Waals surface area contributed by atoms with Crippen molar-refractivity contribution in [3.05, 3.63) is 52.0 Å². The molecule has 1 atom stereocenters. The molecule has 2 heterocycles. The van der Waals surface area contributed by atoms with Crippen molar-refractivity contribution in [2.45, 2.75) is 26.0 Å². The van der Waals surface area contributed by atoms with Crippen LogP contribution in [0, 0.1) is 5.82 Å². The number of nitrogens with zero attached hydrogens (tertiary/aromatic N) is 2. The Balaban J connectivity index is 1.62. The van der Waals surface area contributed by atoms with E-state index in [0.29, 0.717) is 57.6 Å². The number of hydrogen-bond acceptors (Lipinski definition) is 5. The van der Waals surface area contributed by atoms with Crippen molar-refractivity contribution in [2.24, 2.45) is 4.99 Å². The van der Waals surface area contributed by atoms with Crippen molar-refractivity contribution < 1.29 is 14.2 Å². The number of nitrogens with one attached hydrogen (secondary N) is 2. The second kappa shape index (κ2) is 10.0. The average Bonchev–Trinajstić information content (AvgIpc) is 3.27. The molecular weight excluding hydrogens is 391 g/mol. The molecule has 8 heteroatoms. The molecule has 158 valence electrons. The van der Waals surface area contributed by atoms with Crippen LogP contribution in [0.25, 0.3) is 0 Å². The summed E-state index contributed by atoms with van der Waals surface area (Å²) in [5.41, 5.74) is 0.413. The van der Waals surface area contributed by atoms with Crippen molar-refractivity contribution in [2.75, 3.05) is 44.3 Å². The van der Waals surface area contributed by atoms with Crippen molar-refractivity contribution in [3.8, 4) is 0 Å². The lowest BCUT2D eigenvalue weighted by Crippen LogP contribution is -2.44. The lowest BCUT2D eigenvalue weighted by Gasteiger charge is -2.29. The number of rotatable bonds is 7. The fourth-order valence-corrected chi connectivity index (χ4v) is 3.94. The zero-order chi connectivity index (χ0) is 20.7. The molecule has 0 spiro atoms. The van der Waals surface area contributed by atoms with E-state index in [2.05, 4.69) is 15.6 Å². The van der Waals surface area contributed by atoms with Crippen LogP contribution in [0.2, 0.25) is 0 Å². The maximum absolute atomic E-state index is 14.6. The molecule has 0 radical (unpaired) electrons. The first kappa shape index (κ1) is 21.5. The predicted octanol–water partition coefficient (Wildman–Crippen LogP) is 2.69. The number of benzene rings is 1. The molecule has 1 fully saturated rings. The number of aliphatic hydroxyl groups is 1. The van der Waals surface area contributed by atoms with Crippen LogP contribution in [0.1, 0.15) is 24.3 Å². The number of guanidine groups is 1. The third-order valence-corrected chi connectivity index (χ3v) is 5.90. The van der Waals surface area contributed by atoms with Gasteiger partial charge in [0.05, 0.1) is 32.0 Å². The summed E-state index contributed by atoms with van der Waals surface area (Å²) >= 11 is 1.52. The molecule has 29 heavy (non-hydrogen) atoms. The Morgan fingerprint density at radius 1 is 1.31 bits per heavy atom. The van der Waals surface area contributed by atoms with E-state index in [9.17, 15) is 9.50 Å². The van der Waals surface area contributed by atoms with Crippen LogP contribution in [0.3, 0.4) is 0 Å². The normalized spacial score (nSPS) is 17.1. The maximum atomic E-state index is 14.6. The number of ether oxygens (including phenoxy) is 1. The Morgan fingerprint density at radius 3 is 2.76 bits per heavy atom. The van der Waals surface area contributed by atoms with Crippen molar-refractivity contribution in [1.29, 1.82) is 0 Å². The minimum atomic E-state index is -0.990. The minimum absolute atomic E-state index is 0.238. The van der Waals surface area contributed by atoms with E-state index in [1.165, 1.54) is 11.3 Å². The molecule has 1 aromatic carbocycles. The molecule has 0 amide bonds. The zero-order valence-corrected chi connectivity index (χ0v) is 17.8. The number of hydrogen-bond donors (Lipinski definition) is 3. The largest absolute Gasteiger partial charge is 0.383 e. The van der Waals surface area contributed by atoms with Crippen LogP contribution < -0.4 is 15.5 Å². The van der Waals surface area contributed by atoms with Gasteiger partial charge in [-0.1, -0.05) is 12.1 Å². The van der Waals surface area contributed by atoms with E-state index in [0.717, 1.165) is 10.4 Å². The molecule has 1 aromatic heterocycles. The first-order valence-corrected chi connectivity index (χ1v) is 10.8. The molecule has 0 aliphatic carbocycles. The standard InChI is InChI=1S/C21H29FN4O2S/c1-3-23-20(25-15-21(2,27)19-5-4-12-29-19)24-14-16-6-7-18(17(22)13-16)26-8-10-28-11-9-26/h4-7,12-13,27H,3,8-11,14-15H2,1-2H3,(H2,23,24,25). The van der Waals surface area contributed by atoms with Gasteiger partial charge in [0.2, 0.25) is 0 Å². The van der Waals surface area contributed by atoms with Gasteiger partial charge < -0.3 is 25.4 Å². The van der Waals surface area contributed by atoms with Crippen LogP contribution in [-0.2, 0) is 16.9 Å². The first-order chi connectivity index (χ1) is 14.0. The summed E-state index contributed by atoms with van der Waals surface area (Å²) in [5.74, 6) is 0.347. The monoisotopic (exact) mass is 420 g/mol. The fourth-order valence-electron chi connectivity index (χ4n) is 3.15. The Labute approximate surface area is 175 Å². The van der Waals surface area contributed by atoms with Gasteiger partial charge in [-0.3, -0.25) is 0 Å². The molecule has 1 aliphatic rings. The molecule has 1 saturated heterocycles. The van der Waals surface area contributed by atoms with Crippen molar-refractivity contribution in [1.82, 2.24) is 10.6 Å². The number of anilines is 1.